The normalized spacial score (nSPS) is 11.9. The molecule has 0 unspecified atom stereocenters. The minimum absolute atomic E-state index is 0.272. The number of carbonyl (C=O) groups excluding carboxylic acids is 1. The molecule has 22 heavy (non-hydrogen) atoms. The molecule has 124 valence electrons. The Morgan fingerprint density at radius 2 is 1.95 bits per heavy atom. The molecule has 1 N–H and O–H groups in total. The van der Waals surface area contributed by atoms with Crippen molar-refractivity contribution in [2.75, 3.05) is 23.7 Å². The fraction of sp³-hybridized carbons (Fsp3) is 0.533. The van der Waals surface area contributed by atoms with Gasteiger partial charge >= 0.3 is 0 Å². The highest BCUT2D eigenvalue weighted by Crippen LogP contribution is 2.23. The molecule has 1 rings (SSSR count). The molecule has 0 aromatic heterocycles. The first kappa shape index (κ1) is 18.3. The predicted molar refractivity (Wildman–Crippen MR) is 87.7 cm³/mol. The Hall–Kier alpha value is -1.76. The van der Waals surface area contributed by atoms with Crippen LogP contribution in [0.4, 0.5) is 5.69 Å². The van der Waals surface area contributed by atoms with Gasteiger partial charge in [0.05, 0.1) is 18.6 Å². The van der Waals surface area contributed by atoms with Crippen molar-refractivity contribution in [2.24, 2.45) is 0 Å². The van der Waals surface area contributed by atoms with E-state index in [1.54, 1.807) is 24.3 Å². The van der Waals surface area contributed by atoms with Crippen molar-refractivity contribution in [1.82, 2.24) is 5.32 Å². The average Bonchev–Trinajstić information content (AvgIpc) is 2.33. The first-order valence-electron chi connectivity index (χ1n) is 7.04. The molecule has 1 aromatic carbocycles. The Kier molecular flexibility index (Phi) is 5.82. The van der Waals surface area contributed by atoms with Gasteiger partial charge in [0.15, 0.2) is 0 Å². The Balaban J connectivity index is 3.05. The summed E-state index contributed by atoms with van der Waals surface area (Å²) in [4.78, 5) is 12.1. The van der Waals surface area contributed by atoms with Gasteiger partial charge in [0, 0.05) is 11.6 Å². The number of carbonyl (C=O) groups is 1. The van der Waals surface area contributed by atoms with E-state index in [2.05, 4.69) is 5.32 Å². The van der Waals surface area contributed by atoms with Crippen LogP contribution in [0.5, 0.6) is 5.75 Å². The summed E-state index contributed by atoms with van der Waals surface area (Å²) < 4.78 is 30.5. The van der Waals surface area contributed by atoms with Gasteiger partial charge < -0.3 is 10.1 Å². The zero-order valence-electron chi connectivity index (χ0n) is 13.7. The summed E-state index contributed by atoms with van der Waals surface area (Å²) in [6.07, 6.45) is 1.07. The Morgan fingerprint density at radius 3 is 2.45 bits per heavy atom. The number of hydrogen-bond acceptors (Lipinski definition) is 4. The number of hydrogen-bond donors (Lipinski definition) is 1. The minimum atomic E-state index is -3.58. The van der Waals surface area contributed by atoms with Crippen LogP contribution in [0.3, 0.4) is 0 Å². The fourth-order valence-electron chi connectivity index (χ4n) is 1.88. The van der Waals surface area contributed by atoms with Crippen LogP contribution in [0.15, 0.2) is 24.3 Å². The second-order valence-corrected chi connectivity index (χ2v) is 7.90. The van der Waals surface area contributed by atoms with E-state index >= 15 is 0 Å². The van der Waals surface area contributed by atoms with Crippen molar-refractivity contribution in [3.63, 3.8) is 0 Å². The molecule has 0 bridgehead atoms. The summed E-state index contributed by atoms with van der Waals surface area (Å²) in [6.45, 7) is 7.57. The van der Waals surface area contributed by atoms with E-state index in [4.69, 9.17) is 4.74 Å². The van der Waals surface area contributed by atoms with Gasteiger partial charge in [-0.15, -0.1) is 0 Å². The van der Waals surface area contributed by atoms with Crippen molar-refractivity contribution >= 4 is 21.6 Å². The number of nitrogens with zero attached hydrogens (tertiary/aromatic N) is 1. The van der Waals surface area contributed by atoms with Crippen LogP contribution in [-0.4, -0.2) is 39.3 Å². The molecule has 0 saturated carbocycles. The van der Waals surface area contributed by atoms with Gasteiger partial charge in [0.2, 0.25) is 15.9 Å². The molecule has 0 saturated heterocycles. The Labute approximate surface area is 132 Å². The number of ether oxygens (including phenoxy) is 1. The molecule has 1 aromatic rings. The summed E-state index contributed by atoms with van der Waals surface area (Å²) in [7, 11) is -3.58. The van der Waals surface area contributed by atoms with Crippen LogP contribution in [0, 0.1) is 0 Å². The summed E-state index contributed by atoms with van der Waals surface area (Å²) in [5.74, 6) is 0.199. The van der Waals surface area contributed by atoms with E-state index < -0.39 is 15.6 Å². The van der Waals surface area contributed by atoms with Gasteiger partial charge in [-0.05, 0) is 39.8 Å². The highest BCUT2D eigenvalue weighted by molar-refractivity contribution is 7.92. The third-order valence-electron chi connectivity index (χ3n) is 2.62. The highest BCUT2D eigenvalue weighted by Gasteiger charge is 2.23. The second kappa shape index (κ2) is 7.00. The maximum absolute atomic E-state index is 12.1. The summed E-state index contributed by atoms with van der Waals surface area (Å²) >= 11 is 0. The maximum Gasteiger partial charge on any atom is 0.241 e. The Morgan fingerprint density at radius 1 is 1.32 bits per heavy atom. The second-order valence-electron chi connectivity index (χ2n) is 6.00. The maximum atomic E-state index is 12.1. The first-order valence-corrected chi connectivity index (χ1v) is 8.89. The monoisotopic (exact) mass is 328 g/mol. The standard InChI is InChI=1S/C15H24N2O4S/c1-6-21-13-9-7-8-12(10-13)17(22(5,19)20)11-14(18)16-15(2,3)4/h7-10H,6,11H2,1-5H3,(H,16,18). The number of benzene rings is 1. The molecule has 0 aliphatic carbocycles. The number of sulfonamides is 1. The highest BCUT2D eigenvalue weighted by atomic mass is 32.2. The number of rotatable bonds is 6. The SMILES string of the molecule is CCOc1cccc(N(CC(=O)NC(C)(C)C)S(C)(=O)=O)c1. The van der Waals surface area contributed by atoms with Crippen LogP contribution in [-0.2, 0) is 14.8 Å². The molecule has 0 aliphatic heterocycles. The third kappa shape index (κ3) is 5.93. The summed E-state index contributed by atoms with van der Waals surface area (Å²) in [5.41, 5.74) is -0.0227. The molecule has 0 spiro atoms. The van der Waals surface area contributed by atoms with E-state index in [1.807, 2.05) is 27.7 Å². The predicted octanol–water partition coefficient (Wildman–Crippen LogP) is 1.77. The lowest BCUT2D eigenvalue weighted by atomic mass is 10.1. The van der Waals surface area contributed by atoms with Gasteiger partial charge in [-0.1, -0.05) is 6.07 Å². The number of nitrogens with one attached hydrogen (secondary N) is 1. The fourth-order valence-corrected chi connectivity index (χ4v) is 2.73. The van der Waals surface area contributed by atoms with Crippen molar-refractivity contribution in [1.29, 1.82) is 0 Å². The van der Waals surface area contributed by atoms with Crippen LogP contribution in [0.25, 0.3) is 0 Å². The van der Waals surface area contributed by atoms with Crippen molar-refractivity contribution in [3.8, 4) is 5.75 Å². The van der Waals surface area contributed by atoms with E-state index in [1.165, 1.54) is 0 Å². The van der Waals surface area contributed by atoms with Crippen LogP contribution >= 0.6 is 0 Å². The lowest BCUT2D eigenvalue weighted by Gasteiger charge is -2.26. The smallest absolute Gasteiger partial charge is 0.241 e. The molecule has 0 fully saturated rings. The quantitative estimate of drug-likeness (QED) is 0.863. The molecular weight excluding hydrogens is 304 g/mol. The third-order valence-corrected chi connectivity index (χ3v) is 3.76. The van der Waals surface area contributed by atoms with Gasteiger partial charge in [0.25, 0.3) is 0 Å². The summed E-state index contributed by atoms with van der Waals surface area (Å²) in [6, 6.07) is 6.67. The lowest BCUT2D eigenvalue weighted by Crippen LogP contribution is -2.47. The van der Waals surface area contributed by atoms with E-state index in [-0.39, 0.29) is 12.5 Å². The molecule has 0 aliphatic rings. The van der Waals surface area contributed by atoms with Crippen LogP contribution in [0.1, 0.15) is 27.7 Å². The average molecular weight is 328 g/mol. The molecule has 0 heterocycles. The van der Waals surface area contributed by atoms with Crippen molar-refractivity contribution in [3.05, 3.63) is 24.3 Å². The number of anilines is 1. The van der Waals surface area contributed by atoms with Gasteiger partial charge in [0.1, 0.15) is 12.3 Å². The molecule has 7 heteroatoms. The van der Waals surface area contributed by atoms with Gasteiger partial charge in [-0.3, -0.25) is 9.10 Å². The largest absolute Gasteiger partial charge is 0.494 e. The Bertz CT molecular complexity index is 621. The van der Waals surface area contributed by atoms with E-state index in [0.29, 0.717) is 18.0 Å². The van der Waals surface area contributed by atoms with Crippen LogP contribution in [0.2, 0.25) is 0 Å². The van der Waals surface area contributed by atoms with E-state index in [0.717, 1.165) is 10.6 Å². The topological polar surface area (TPSA) is 75.7 Å². The van der Waals surface area contributed by atoms with Crippen molar-refractivity contribution < 1.29 is 17.9 Å². The van der Waals surface area contributed by atoms with Crippen molar-refractivity contribution in [2.45, 2.75) is 33.2 Å². The van der Waals surface area contributed by atoms with Crippen LogP contribution < -0.4 is 14.4 Å². The summed E-state index contributed by atoms with van der Waals surface area (Å²) in [5, 5.41) is 2.75. The molecular formula is C15H24N2O4S. The molecule has 0 atom stereocenters. The zero-order valence-corrected chi connectivity index (χ0v) is 14.5. The lowest BCUT2D eigenvalue weighted by molar-refractivity contribution is -0.121. The zero-order chi connectivity index (χ0) is 17.0. The first-order chi connectivity index (χ1) is 10.0. The van der Waals surface area contributed by atoms with Gasteiger partial charge in [-0.25, -0.2) is 8.42 Å². The number of amides is 1. The van der Waals surface area contributed by atoms with E-state index in [9.17, 15) is 13.2 Å². The minimum Gasteiger partial charge on any atom is -0.494 e. The van der Waals surface area contributed by atoms with Gasteiger partial charge in [-0.2, -0.15) is 0 Å². The molecule has 1 amide bonds. The molecule has 6 nitrogen and oxygen atoms in total. The molecule has 0 radical (unpaired) electrons.